The molecule has 2 heterocycles. The largest absolute Gasteiger partial charge is 0.381 e. The van der Waals surface area contributed by atoms with Gasteiger partial charge in [-0.1, -0.05) is 0 Å². The molecule has 1 saturated heterocycles. The average Bonchev–Trinajstić information content (AvgIpc) is 3.03. The molecule has 7 nitrogen and oxygen atoms in total. The van der Waals surface area contributed by atoms with Crippen LogP contribution in [-0.4, -0.2) is 51.5 Å². The molecule has 2 aliphatic rings. The number of rotatable bonds is 6. The number of urea groups is 1. The minimum absolute atomic E-state index is 0.00931. The summed E-state index contributed by atoms with van der Waals surface area (Å²) in [5.41, 5.74) is 0. The van der Waals surface area contributed by atoms with Gasteiger partial charge < -0.3 is 19.5 Å². The van der Waals surface area contributed by atoms with Gasteiger partial charge in [0.05, 0.1) is 13.2 Å². The summed E-state index contributed by atoms with van der Waals surface area (Å²) < 4.78 is 7.34. The molecular formula is C14H23N5O2. The fraction of sp³-hybridized carbons (Fsp3) is 0.786. The van der Waals surface area contributed by atoms with E-state index in [4.69, 9.17) is 4.74 Å². The molecule has 1 unspecified atom stereocenters. The smallest absolute Gasteiger partial charge is 0.318 e. The van der Waals surface area contributed by atoms with Crippen molar-refractivity contribution in [1.29, 1.82) is 0 Å². The number of hydrogen-bond acceptors (Lipinski definition) is 4. The van der Waals surface area contributed by atoms with E-state index in [0.717, 1.165) is 51.4 Å². The number of carbonyl (C=O) groups excluding carboxylic acids is 1. The molecule has 0 spiro atoms. The minimum Gasteiger partial charge on any atom is -0.381 e. The number of nitrogens with zero attached hydrogens (tertiary/aromatic N) is 4. The number of aryl methyl sites for hydroxylation is 1. The summed E-state index contributed by atoms with van der Waals surface area (Å²) in [5.74, 6) is 1.28. The van der Waals surface area contributed by atoms with Crippen molar-refractivity contribution in [2.75, 3.05) is 19.8 Å². The van der Waals surface area contributed by atoms with E-state index in [-0.39, 0.29) is 6.03 Å². The van der Waals surface area contributed by atoms with Crippen molar-refractivity contribution in [2.24, 2.45) is 5.92 Å². The first-order valence-corrected chi connectivity index (χ1v) is 7.76. The van der Waals surface area contributed by atoms with Crippen molar-refractivity contribution < 1.29 is 9.53 Å². The zero-order valence-electron chi connectivity index (χ0n) is 12.5. The first-order chi connectivity index (χ1) is 10.3. The number of nitrogens with one attached hydrogen (secondary N) is 1. The van der Waals surface area contributed by atoms with Crippen LogP contribution in [-0.2, 0) is 17.8 Å². The van der Waals surface area contributed by atoms with Crippen LogP contribution >= 0.6 is 0 Å². The third-order valence-electron chi connectivity index (χ3n) is 4.16. The average molecular weight is 293 g/mol. The summed E-state index contributed by atoms with van der Waals surface area (Å²) in [5, 5.41) is 10.9. The van der Waals surface area contributed by atoms with Crippen LogP contribution in [0, 0.1) is 5.92 Å². The van der Waals surface area contributed by atoms with Gasteiger partial charge in [0.1, 0.15) is 6.33 Å². The van der Waals surface area contributed by atoms with Gasteiger partial charge in [0.2, 0.25) is 0 Å². The first-order valence-electron chi connectivity index (χ1n) is 7.76. The molecule has 0 radical (unpaired) electrons. The van der Waals surface area contributed by atoms with Crippen molar-refractivity contribution in [1.82, 2.24) is 25.0 Å². The highest BCUT2D eigenvalue weighted by Crippen LogP contribution is 2.29. The van der Waals surface area contributed by atoms with E-state index in [1.807, 2.05) is 16.4 Å². The van der Waals surface area contributed by atoms with E-state index in [1.54, 1.807) is 6.33 Å². The quantitative estimate of drug-likeness (QED) is 0.849. The SMILES string of the molecule is CCn1cnnc1CNC(=O)N(CC1CCOC1)C1CC1. The molecule has 3 rings (SSSR count). The molecule has 0 bridgehead atoms. The number of aromatic nitrogens is 3. The van der Waals surface area contributed by atoms with Gasteiger partial charge in [-0.2, -0.15) is 0 Å². The third kappa shape index (κ3) is 3.53. The van der Waals surface area contributed by atoms with Crippen molar-refractivity contribution >= 4 is 6.03 Å². The Labute approximate surface area is 124 Å². The van der Waals surface area contributed by atoms with E-state index in [9.17, 15) is 4.79 Å². The van der Waals surface area contributed by atoms with E-state index in [0.29, 0.717) is 18.5 Å². The molecule has 1 N–H and O–H groups in total. The summed E-state index contributed by atoms with van der Waals surface area (Å²) in [4.78, 5) is 14.4. The van der Waals surface area contributed by atoms with Crippen LogP contribution in [0.4, 0.5) is 4.79 Å². The van der Waals surface area contributed by atoms with Gasteiger partial charge in [0.25, 0.3) is 0 Å². The van der Waals surface area contributed by atoms with Crippen molar-refractivity contribution in [3.05, 3.63) is 12.2 Å². The number of hydrogen-bond donors (Lipinski definition) is 1. The lowest BCUT2D eigenvalue weighted by Gasteiger charge is -2.25. The summed E-state index contributed by atoms with van der Waals surface area (Å²) in [7, 11) is 0. The molecular weight excluding hydrogens is 270 g/mol. The molecule has 1 aromatic rings. The third-order valence-corrected chi connectivity index (χ3v) is 4.16. The lowest BCUT2D eigenvalue weighted by atomic mass is 10.1. The van der Waals surface area contributed by atoms with Crippen LogP contribution in [0.5, 0.6) is 0 Å². The van der Waals surface area contributed by atoms with Gasteiger partial charge in [-0.25, -0.2) is 4.79 Å². The molecule has 1 saturated carbocycles. The zero-order valence-corrected chi connectivity index (χ0v) is 12.5. The molecule has 1 aliphatic carbocycles. The first kappa shape index (κ1) is 14.3. The van der Waals surface area contributed by atoms with E-state index < -0.39 is 0 Å². The summed E-state index contributed by atoms with van der Waals surface area (Å²) in [6, 6.07) is 0.421. The summed E-state index contributed by atoms with van der Waals surface area (Å²) in [6.45, 7) is 5.67. The highest BCUT2D eigenvalue weighted by molar-refractivity contribution is 5.74. The maximum absolute atomic E-state index is 12.4. The van der Waals surface area contributed by atoms with Crippen LogP contribution in [0.1, 0.15) is 32.0 Å². The maximum atomic E-state index is 12.4. The van der Waals surface area contributed by atoms with E-state index in [1.165, 1.54) is 0 Å². The van der Waals surface area contributed by atoms with Crippen LogP contribution in [0.15, 0.2) is 6.33 Å². The topological polar surface area (TPSA) is 72.3 Å². The second-order valence-corrected chi connectivity index (χ2v) is 5.81. The predicted octanol–water partition coefficient (Wildman–Crippen LogP) is 1.01. The Hall–Kier alpha value is -1.63. The molecule has 2 fully saturated rings. The minimum atomic E-state index is 0.00931. The Kier molecular flexibility index (Phi) is 4.38. The van der Waals surface area contributed by atoms with Gasteiger partial charge in [-0.3, -0.25) is 0 Å². The Balaban J connectivity index is 1.54. The molecule has 1 atom stereocenters. The highest BCUT2D eigenvalue weighted by atomic mass is 16.5. The molecule has 2 amide bonds. The van der Waals surface area contributed by atoms with Crippen LogP contribution in [0.2, 0.25) is 0 Å². The van der Waals surface area contributed by atoms with Crippen LogP contribution in [0.3, 0.4) is 0 Å². The standard InChI is InChI=1S/C14H23N5O2/c1-2-18-10-16-17-13(18)7-15-14(20)19(12-3-4-12)8-11-5-6-21-9-11/h10-12H,2-9H2,1H3,(H,15,20). The Bertz CT molecular complexity index is 479. The lowest BCUT2D eigenvalue weighted by molar-refractivity contribution is 0.162. The van der Waals surface area contributed by atoms with Crippen LogP contribution in [0.25, 0.3) is 0 Å². The molecule has 7 heteroatoms. The monoisotopic (exact) mass is 293 g/mol. The van der Waals surface area contributed by atoms with E-state index >= 15 is 0 Å². The van der Waals surface area contributed by atoms with E-state index in [2.05, 4.69) is 15.5 Å². The van der Waals surface area contributed by atoms with Crippen molar-refractivity contribution in [3.8, 4) is 0 Å². The Morgan fingerprint density at radius 3 is 3.05 bits per heavy atom. The second kappa shape index (κ2) is 6.43. The second-order valence-electron chi connectivity index (χ2n) is 5.81. The maximum Gasteiger partial charge on any atom is 0.318 e. The van der Waals surface area contributed by atoms with Gasteiger partial charge in [0, 0.05) is 31.7 Å². The van der Waals surface area contributed by atoms with Gasteiger partial charge in [-0.05, 0) is 26.2 Å². The number of amides is 2. The number of carbonyl (C=O) groups is 1. The van der Waals surface area contributed by atoms with Gasteiger partial charge in [-0.15, -0.1) is 10.2 Å². The fourth-order valence-electron chi connectivity index (χ4n) is 2.73. The molecule has 116 valence electrons. The molecule has 1 aliphatic heterocycles. The normalized spacial score (nSPS) is 21.5. The zero-order chi connectivity index (χ0) is 14.7. The Morgan fingerprint density at radius 1 is 1.52 bits per heavy atom. The lowest BCUT2D eigenvalue weighted by Crippen LogP contribution is -2.44. The molecule has 1 aromatic heterocycles. The summed E-state index contributed by atoms with van der Waals surface area (Å²) >= 11 is 0. The van der Waals surface area contributed by atoms with Crippen molar-refractivity contribution in [3.63, 3.8) is 0 Å². The molecule has 21 heavy (non-hydrogen) atoms. The fourth-order valence-corrected chi connectivity index (χ4v) is 2.73. The number of ether oxygens (including phenoxy) is 1. The molecule has 0 aromatic carbocycles. The highest BCUT2D eigenvalue weighted by Gasteiger charge is 2.34. The van der Waals surface area contributed by atoms with Crippen molar-refractivity contribution in [2.45, 2.75) is 45.3 Å². The Morgan fingerprint density at radius 2 is 2.38 bits per heavy atom. The van der Waals surface area contributed by atoms with Gasteiger partial charge in [0.15, 0.2) is 5.82 Å². The van der Waals surface area contributed by atoms with Gasteiger partial charge >= 0.3 is 6.03 Å². The predicted molar refractivity (Wildman–Crippen MR) is 76.6 cm³/mol. The summed E-state index contributed by atoms with van der Waals surface area (Å²) in [6.07, 6.45) is 4.98. The van der Waals surface area contributed by atoms with Crippen LogP contribution < -0.4 is 5.32 Å².